The summed E-state index contributed by atoms with van der Waals surface area (Å²) in [6.45, 7) is 4.48. The summed E-state index contributed by atoms with van der Waals surface area (Å²) in [7, 11) is 1.58. The number of carbonyl (C=O) groups is 3. The predicted octanol–water partition coefficient (Wildman–Crippen LogP) is 6.54. The lowest BCUT2D eigenvalue weighted by molar-refractivity contribution is -0.137. The van der Waals surface area contributed by atoms with E-state index in [1.807, 2.05) is 41.3 Å². The maximum absolute atomic E-state index is 13.6. The first kappa shape index (κ1) is 28.7. The Morgan fingerprint density at radius 3 is 2.24 bits per heavy atom. The molecule has 214 valence electrons. The number of carboxylic acids is 1. The molecule has 2 aliphatic carbocycles. The maximum atomic E-state index is 13.6. The van der Waals surface area contributed by atoms with Crippen LogP contribution in [0.5, 0.6) is 11.5 Å². The van der Waals surface area contributed by atoms with Gasteiger partial charge in [0.1, 0.15) is 6.61 Å². The van der Waals surface area contributed by atoms with Crippen molar-refractivity contribution < 1.29 is 29.0 Å². The van der Waals surface area contributed by atoms with E-state index in [-0.39, 0.29) is 24.5 Å². The number of carbonyl (C=O) groups excluding carboxylic acids is 2. The number of allylic oxidation sites excluding steroid dienone is 5. The topological polar surface area (TPSA) is 93.1 Å². The number of rotatable bonds is 10. The van der Waals surface area contributed by atoms with E-state index in [0.717, 1.165) is 28.1 Å². The third-order valence-electron chi connectivity index (χ3n) is 8.00. The van der Waals surface area contributed by atoms with Crippen LogP contribution in [0.4, 0.5) is 0 Å². The fourth-order valence-corrected chi connectivity index (χ4v) is 6.36. The third-order valence-corrected chi connectivity index (χ3v) is 8.26. The van der Waals surface area contributed by atoms with Gasteiger partial charge in [0.2, 0.25) is 0 Å². The summed E-state index contributed by atoms with van der Waals surface area (Å²) in [6.07, 6.45) is 5.75. The molecule has 0 spiro atoms. The molecular formula is C33H34ClNO6. The number of Topliss-reactive ketones (excluding diaryl/α,β-unsaturated/α-hetero) is 2. The van der Waals surface area contributed by atoms with Gasteiger partial charge in [-0.05, 0) is 61.4 Å². The van der Waals surface area contributed by atoms with Crippen LogP contribution in [0.2, 0.25) is 5.02 Å². The smallest absolute Gasteiger partial charge is 0.305 e. The Morgan fingerprint density at radius 2 is 1.68 bits per heavy atom. The number of hydrogen-bond acceptors (Lipinski definition) is 6. The summed E-state index contributed by atoms with van der Waals surface area (Å²) >= 11 is 6.04. The fraction of sp³-hybridized carbons (Fsp3) is 0.364. The van der Waals surface area contributed by atoms with Gasteiger partial charge >= 0.3 is 5.97 Å². The van der Waals surface area contributed by atoms with E-state index in [0.29, 0.717) is 79.2 Å². The Kier molecular flexibility index (Phi) is 8.64. The number of ketones is 2. The molecule has 0 bridgehead atoms. The first-order chi connectivity index (χ1) is 19.8. The summed E-state index contributed by atoms with van der Waals surface area (Å²) in [5.41, 5.74) is 5.51. The van der Waals surface area contributed by atoms with Crippen LogP contribution < -0.4 is 9.47 Å². The van der Waals surface area contributed by atoms with Crippen LogP contribution in [-0.2, 0) is 27.4 Å². The van der Waals surface area contributed by atoms with Gasteiger partial charge in [0.25, 0.3) is 0 Å². The number of halogens is 1. The highest BCUT2D eigenvalue weighted by Crippen LogP contribution is 2.50. The standard InChI is InChI=1S/C33H34ClNO6/c1-3-6-21-17-22(18-28(40-2)33(21)41-19-20-11-13-23(34)14-12-20)30-31-24(7-4-9-26(31)36)35(16-15-29(38)39)25-8-5-10-27(37)32(25)30/h3,11-14,17-18,30H,1,4-10,15-16,19H2,2H3,(H,38,39). The Morgan fingerprint density at radius 1 is 1.05 bits per heavy atom. The molecule has 2 aromatic rings. The fourth-order valence-electron chi connectivity index (χ4n) is 6.24. The van der Waals surface area contributed by atoms with Crippen molar-refractivity contribution in [3.8, 4) is 11.5 Å². The lowest BCUT2D eigenvalue weighted by atomic mass is 9.70. The van der Waals surface area contributed by atoms with Crippen LogP contribution in [0.1, 0.15) is 67.6 Å². The number of methoxy groups -OCH3 is 1. The van der Waals surface area contributed by atoms with Crippen LogP contribution >= 0.6 is 11.6 Å². The van der Waals surface area contributed by atoms with Crippen molar-refractivity contribution in [3.63, 3.8) is 0 Å². The second-order valence-electron chi connectivity index (χ2n) is 10.6. The first-order valence-electron chi connectivity index (χ1n) is 14.0. The molecule has 1 heterocycles. The molecule has 0 amide bonds. The SMILES string of the molecule is C=CCc1cc(C2C3=C(CCCC3=O)N(CCC(=O)O)C3=C2C(=O)CCC3)cc(OC)c1OCc1ccc(Cl)cc1. The van der Waals surface area contributed by atoms with Crippen molar-refractivity contribution in [2.45, 2.75) is 63.9 Å². The maximum Gasteiger partial charge on any atom is 0.305 e. The zero-order valence-corrected chi connectivity index (χ0v) is 24.0. The summed E-state index contributed by atoms with van der Waals surface area (Å²) in [6, 6.07) is 11.3. The van der Waals surface area contributed by atoms with Crippen molar-refractivity contribution in [3.05, 3.63) is 93.3 Å². The van der Waals surface area contributed by atoms with E-state index >= 15 is 0 Å². The molecule has 0 atom stereocenters. The van der Waals surface area contributed by atoms with E-state index < -0.39 is 11.9 Å². The Labute approximate surface area is 245 Å². The minimum Gasteiger partial charge on any atom is -0.493 e. The van der Waals surface area contributed by atoms with E-state index in [2.05, 4.69) is 6.58 Å². The van der Waals surface area contributed by atoms with Gasteiger partial charge in [-0.15, -0.1) is 6.58 Å². The van der Waals surface area contributed by atoms with Gasteiger partial charge in [-0.25, -0.2) is 0 Å². The summed E-state index contributed by atoms with van der Waals surface area (Å²) < 4.78 is 12.1. The predicted molar refractivity (Wildman–Crippen MR) is 156 cm³/mol. The molecular weight excluding hydrogens is 542 g/mol. The van der Waals surface area contributed by atoms with E-state index in [1.165, 1.54) is 0 Å². The molecule has 0 saturated carbocycles. The number of nitrogens with zero attached hydrogens (tertiary/aromatic N) is 1. The Balaban J connectivity index is 1.63. The third kappa shape index (κ3) is 5.82. The summed E-state index contributed by atoms with van der Waals surface area (Å²) in [4.78, 5) is 40.6. The Bertz CT molecular complexity index is 1410. The molecule has 1 N–H and O–H groups in total. The van der Waals surface area contributed by atoms with Gasteiger partial charge in [-0.1, -0.05) is 35.9 Å². The van der Waals surface area contributed by atoms with Crippen LogP contribution in [0.25, 0.3) is 0 Å². The molecule has 8 heteroatoms. The lowest BCUT2D eigenvalue weighted by Gasteiger charge is -2.44. The molecule has 1 aliphatic heterocycles. The van der Waals surface area contributed by atoms with Gasteiger partial charge in [0, 0.05) is 58.4 Å². The van der Waals surface area contributed by atoms with Crippen LogP contribution in [-0.4, -0.2) is 41.2 Å². The van der Waals surface area contributed by atoms with E-state index in [9.17, 15) is 19.5 Å². The number of hydrogen-bond donors (Lipinski definition) is 1. The number of carboxylic acid groups (broad SMARTS) is 1. The first-order valence-corrected chi connectivity index (χ1v) is 14.4. The molecule has 0 saturated heterocycles. The largest absolute Gasteiger partial charge is 0.493 e. The zero-order chi connectivity index (χ0) is 29.1. The molecule has 0 aromatic heterocycles. The number of benzene rings is 2. The van der Waals surface area contributed by atoms with Crippen LogP contribution in [0.3, 0.4) is 0 Å². The Hall–Kier alpha value is -3.84. The molecule has 41 heavy (non-hydrogen) atoms. The minimum atomic E-state index is -0.909. The van der Waals surface area contributed by atoms with Gasteiger partial charge in [0.05, 0.1) is 13.5 Å². The van der Waals surface area contributed by atoms with Gasteiger partial charge in [-0.2, -0.15) is 0 Å². The highest BCUT2D eigenvalue weighted by atomic mass is 35.5. The molecule has 0 unspecified atom stereocenters. The monoisotopic (exact) mass is 575 g/mol. The molecule has 2 aromatic carbocycles. The second kappa shape index (κ2) is 12.4. The van der Waals surface area contributed by atoms with Gasteiger partial charge in [-0.3, -0.25) is 14.4 Å². The normalized spacial score (nSPS) is 17.4. The van der Waals surface area contributed by atoms with E-state index in [1.54, 1.807) is 13.2 Å². The average Bonchev–Trinajstić information content (AvgIpc) is 2.95. The van der Waals surface area contributed by atoms with Crippen molar-refractivity contribution in [1.82, 2.24) is 4.90 Å². The average molecular weight is 576 g/mol. The molecule has 0 radical (unpaired) electrons. The summed E-state index contributed by atoms with van der Waals surface area (Å²) in [5.74, 6) is -0.337. The van der Waals surface area contributed by atoms with Crippen molar-refractivity contribution in [1.29, 1.82) is 0 Å². The zero-order valence-electron chi connectivity index (χ0n) is 23.2. The molecule has 7 nitrogen and oxygen atoms in total. The second-order valence-corrected chi connectivity index (χ2v) is 11.1. The van der Waals surface area contributed by atoms with Gasteiger partial charge < -0.3 is 19.5 Å². The van der Waals surface area contributed by atoms with Crippen LogP contribution in [0.15, 0.2) is 71.6 Å². The van der Waals surface area contributed by atoms with Gasteiger partial charge in [0.15, 0.2) is 23.1 Å². The lowest BCUT2D eigenvalue weighted by Crippen LogP contribution is -2.40. The molecule has 0 fully saturated rings. The van der Waals surface area contributed by atoms with E-state index in [4.69, 9.17) is 21.1 Å². The number of aliphatic carboxylic acids is 1. The highest BCUT2D eigenvalue weighted by Gasteiger charge is 2.43. The highest BCUT2D eigenvalue weighted by molar-refractivity contribution is 6.30. The number of ether oxygens (including phenoxy) is 2. The van der Waals surface area contributed by atoms with Crippen molar-refractivity contribution >= 4 is 29.1 Å². The molecule has 3 aliphatic rings. The molecule has 5 rings (SSSR count). The summed E-state index contributed by atoms with van der Waals surface area (Å²) in [5, 5.41) is 10.1. The van der Waals surface area contributed by atoms with Crippen molar-refractivity contribution in [2.24, 2.45) is 0 Å². The van der Waals surface area contributed by atoms with Crippen molar-refractivity contribution in [2.75, 3.05) is 13.7 Å². The minimum absolute atomic E-state index is 0.00815. The quantitative estimate of drug-likeness (QED) is 0.321. The van der Waals surface area contributed by atoms with Crippen LogP contribution in [0, 0.1) is 0 Å².